The van der Waals surface area contributed by atoms with E-state index < -0.39 is 21.2 Å². The molecule has 0 N–H and O–H groups in total. The third-order valence-corrected chi connectivity index (χ3v) is 1.65. The average Bonchev–Trinajstić information content (AvgIpc) is 1.52. The van der Waals surface area contributed by atoms with Gasteiger partial charge in [-0.15, -0.1) is 0 Å². The average molecular weight is 235 g/mol. The van der Waals surface area contributed by atoms with Gasteiger partial charge in [0.15, 0.2) is 0 Å². The Morgan fingerprint density at radius 1 is 1.08 bits per heavy atom. The van der Waals surface area contributed by atoms with Crippen molar-refractivity contribution in [3.63, 3.8) is 0 Å². The van der Waals surface area contributed by atoms with Crippen LogP contribution in [-0.2, 0) is 14.3 Å². The quantitative estimate of drug-likeness (QED) is 0.316. The van der Waals surface area contributed by atoms with Crippen LogP contribution in [0, 0.1) is 0 Å². The lowest BCUT2D eigenvalue weighted by atomic mass is 11.5. The zero-order valence-corrected chi connectivity index (χ0v) is 6.47. The summed E-state index contributed by atoms with van der Waals surface area (Å²) >= 11 is 3.79. The first kappa shape index (κ1) is 11.8. The van der Waals surface area contributed by atoms with Gasteiger partial charge >= 0.3 is 21.2 Å². The molecule has 0 radical (unpaired) electrons. The monoisotopic (exact) mass is 234 g/mol. The molecule has 0 rings (SSSR count). The van der Waals surface area contributed by atoms with E-state index in [9.17, 15) is 30.4 Å². The van der Waals surface area contributed by atoms with Gasteiger partial charge in [-0.1, -0.05) is 0 Å². The SMILES string of the molecule is O=S(=O)(OC(F)(F)Cl)C(F)(F)F. The minimum Gasteiger partial charge on any atom is -0.189 e. The summed E-state index contributed by atoms with van der Waals surface area (Å²) in [4.78, 5) is 0. The molecule has 0 spiro atoms. The van der Waals surface area contributed by atoms with E-state index in [1.165, 1.54) is 0 Å². The lowest BCUT2D eigenvalue weighted by molar-refractivity contribution is -0.119. The van der Waals surface area contributed by atoms with Gasteiger partial charge in [0, 0.05) is 0 Å². The van der Waals surface area contributed by atoms with Gasteiger partial charge in [0.25, 0.3) is 0 Å². The molecule has 74 valence electrons. The standard InChI is InChI=1S/C2ClF5O3S/c3-1(4,5)11-12(9,10)2(6,7)8. The highest BCUT2D eigenvalue weighted by atomic mass is 35.5. The van der Waals surface area contributed by atoms with Crippen LogP contribution in [0.15, 0.2) is 0 Å². The molecular weight excluding hydrogens is 235 g/mol. The Labute approximate surface area is 68.2 Å². The van der Waals surface area contributed by atoms with Crippen LogP contribution in [0.2, 0.25) is 0 Å². The maximum atomic E-state index is 11.4. The van der Waals surface area contributed by atoms with Crippen molar-refractivity contribution in [3.8, 4) is 0 Å². The van der Waals surface area contributed by atoms with Gasteiger partial charge in [0.1, 0.15) is 0 Å². The van der Waals surface area contributed by atoms with Crippen molar-refractivity contribution < 1.29 is 34.6 Å². The minimum absolute atomic E-state index is 2.27. The molecule has 12 heavy (non-hydrogen) atoms. The first-order valence-corrected chi connectivity index (χ1v) is 3.83. The van der Waals surface area contributed by atoms with E-state index in [4.69, 9.17) is 0 Å². The van der Waals surface area contributed by atoms with Crippen molar-refractivity contribution >= 4 is 21.7 Å². The van der Waals surface area contributed by atoms with E-state index >= 15 is 0 Å². The number of halogens is 6. The third-order valence-electron chi connectivity index (χ3n) is 0.488. The van der Waals surface area contributed by atoms with Crippen molar-refractivity contribution in [2.75, 3.05) is 0 Å². The normalized spacial score (nSPS) is 14.8. The number of hydrogen-bond acceptors (Lipinski definition) is 3. The molecule has 0 bridgehead atoms. The van der Waals surface area contributed by atoms with Gasteiger partial charge in [-0.05, 0) is 11.6 Å². The second-order valence-electron chi connectivity index (χ2n) is 1.43. The predicted molar refractivity (Wildman–Crippen MR) is 26.9 cm³/mol. The van der Waals surface area contributed by atoms with Gasteiger partial charge in [-0.25, -0.2) is 0 Å². The van der Waals surface area contributed by atoms with Crippen molar-refractivity contribution in [2.24, 2.45) is 0 Å². The van der Waals surface area contributed by atoms with Gasteiger partial charge in [-0.3, -0.25) is 0 Å². The lowest BCUT2D eigenvalue weighted by Gasteiger charge is -2.10. The molecule has 0 aliphatic rings. The van der Waals surface area contributed by atoms with E-state index in [2.05, 4.69) is 15.8 Å². The predicted octanol–water partition coefficient (Wildman–Crippen LogP) is 1.64. The highest BCUT2D eigenvalue weighted by molar-refractivity contribution is 7.87. The Hall–Kier alpha value is -0.150. The van der Waals surface area contributed by atoms with Crippen LogP contribution in [0.3, 0.4) is 0 Å². The van der Waals surface area contributed by atoms with Gasteiger partial charge < -0.3 is 0 Å². The van der Waals surface area contributed by atoms with Crippen LogP contribution in [0.1, 0.15) is 0 Å². The maximum absolute atomic E-state index is 11.4. The molecule has 0 saturated heterocycles. The summed E-state index contributed by atoms with van der Waals surface area (Å²) in [5.74, 6) is 0. The summed E-state index contributed by atoms with van der Waals surface area (Å²) in [6, 6.07) is 0. The highest BCUT2D eigenvalue weighted by Crippen LogP contribution is 2.31. The maximum Gasteiger partial charge on any atom is 0.523 e. The zero-order chi connectivity index (χ0) is 10.2. The van der Waals surface area contributed by atoms with E-state index in [0.717, 1.165) is 0 Å². The summed E-state index contributed by atoms with van der Waals surface area (Å²) in [7, 11) is -6.34. The number of alkyl halides is 6. The third kappa shape index (κ3) is 3.50. The molecule has 0 aromatic rings. The van der Waals surface area contributed by atoms with E-state index in [-0.39, 0.29) is 0 Å². The van der Waals surface area contributed by atoms with E-state index in [1.807, 2.05) is 0 Å². The molecular formula is C2ClF5O3S. The van der Waals surface area contributed by atoms with Gasteiger partial charge in [0.05, 0.1) is 0 Å². The minimum atomic E-state index is -6.34. The molecule has 0 atom stereocenters. The van der Waals surface area contributed by atoms with E-state index in [0.29, 0.717) is 0 Å². The Balaban J connectivity index is 4.70. The second kappa shape index (κ2) is 2.96. The van der Waals surface area contributed by atoms with Crippen molar-refractivity contribution in [2.45, 2.75) is 11.1 Å². The van der Waals surface area contributed by atoms with Gasteiger partial charge in [-0.2, -0.15) is 34.6 Å². The molecule has 0 fully saturated rings. The van der Waals surface area contributed by atoms with Crippen LogP contribution in [0.4, 0.5) is 22.0 Å². The molecule has 0 heterocycles. The Morgan fingerprint density at radius 3 is 1.50 bits per heavy atom. The first-order valence-electron chi connectivity index (χ1n) is 2.04. The fraction of sp³-hybridized carbons (Fsp3) is 1.00. The smallest absolute Gasteiger partial charge is 0.189 e. The molecule has 10 heteroatoms. The van der Waals surface area contributed by atoms with Crippen LogP contribution in [0.5, 0.6) is 0 Å². The molecule has 0 aromatic carbocycles. The Bertz CT molecular complexity index is 249. The lowest BCUT2D eigenvalue weighted by Crippen LogP contribution is -2.30. The van der Waals surface area contributed by atoms with E-state index in [1.54, 1.807) is 0 Å². The number of hydrogen-bond donors (Lipinski definition) is 0. The topological polar surface area (TPSA) is 43.4 Å². The van der Waals surface area contributed by atoms with Crippen molar-refractivity contribution in [1.82, 2.24) is 0 Å². The Morgan fingerprint density at radius 2 is 1.42 bits per heavy atom. The fourth-order valence-corrected chi connectivity index (χ4v) is 0.764. The van der Waals surface area contributed by atoms with Crippen LogP contribution in [-0.4, -0.2) is 19.5 Å². The Kier molecular flexibility index (Phi) is 2.93. The summed E-state index contributed by atoms with van der Waals surface area (Å²) in [5.41, 5.74) is -10.8. The molecule has 3 nitrogen and oxygen atoms in total. The summed E-state index contributed by atoms with van der Waals surface area (Å²) < 4.78 is 78.4. The second-order valence-corrected chi connectivity index (χ2v) is 3.41. The highest BCUT2D eigenvalue weighted by Gasteiger charge is 2.52. The molecule has 0 aliphatic heterocycles. The first-order chi connectivity index (χ1) is 4.96. The number of rotatable bonds is 2. The van der Waals surface area contributed by atoms with Crippen LogP contribution in [0.25, 0.3) is 0 Å². The molecule has 0 aromatic heterocycles. The molecule has 0 unspecified atom stereocenters. The summed E-state index contributed by atoms with van der Waals surface area (Å²) in [6.07, 6.45) is 0. The van der Waals surface area contributed by atoms with Gasteiger partial charge in [0.2, 0.25) is 0 Å². The zero-order valence-electron chi connectivity index (χ0n) is 4.90. The summed E-state index contributed by atoms with van der Waals surface area (Å²) in [5, 5.41) is 0. The largest absolute Gasteiger partial charge is 0.523 e. The fourth-order valence-electron chi connectivity index (χ4n) is 0.172. The summed E-state index contributed by atoms with van der Waals surface area (Å²) in [6.45, 7) is 0. The van der Waals surface area contributed by atoms with Crippen LogP contribution < -0.4 is 0 Å². The van der Waals surface area contributed by atoms with Crippen molar-refractivity contribution in [1.29, 1.82) is 0 Å². The molecule has 0 aliphatic carbocycles. The van der Waals surface area contributed by atoms with Crippen molar-refractivity contribution in [3.05, 3.63) is 0 Å². The molecule has 0 amide bonds. The molecule has 0 saturated carbocycles. The van der Waals surface area contributed by atoms with Crippen LogP contribution >= 0.6 is 11.6 Å².